The number of ether oxygens (including phenoxy) is 1. The van der Waals surface area contributed by atoms with Gasteiger partial charge in [-0.25, -0.2) is 8.78 Å². The Kier molecular flexibility index (Phi) is 4.35. The van der Waals surface area contributed by atoms with Crippen LogP contribution in [0.3, 0.4) is 0 Å². The Morgan fingerprint density at radius 2 is 1.78 bits per heavy atom. The highest BCUT2D eigenvalue weighted by atomic mass is 79.9. The number of benzene rings is 2. The first-order chi connectivity index (χ1) is 8.56. The smallest absolute Gasteiger partial charge is 0.134 e. The van der Waals surface area contributed by atoms with Gasteiger partial charge >= 0.3 is 0 Å². The molecule has 0 saturated carbocycles. The Hall–Kier alpha value is -0.940. The molecule has 0 aliphatic rings. The summed E-state index contributed by atoms with van der Waals surface area (Å²) in [5, 5.41) is 0. The van der Waals surface area contributed by atoms with Gasteiger partial charge in [-0.1, -0.05) is 15.9 Å². The lowest BCUT2D eigenvalue weighted by atomic mass is 10.2. The van der Waals surface area contributed by atoms with Crippen molar-refractivity contribution in [2.45, 2.75) is 6.61 Å². The second-order valence-corrected chi connectivity index (χ2v) is 5.37. The summed E-state index contributed by atoms with van der Waals surface area (Å²) in [4.78, 5) is 0. The van der Waals surface area contributed by atoms with Crippen molar-refractivity contribution < 1.29 is 13.5 Å². The summed E-state index contributed by atoms with van der Waals surface area (Å²) in [6, 6.07) is 8.71. The van der Waals surface area contributed by atoms with Crippen LogP contribution >= 0.6 is 31.9 Å². The lowest BCUT2D eigenvalue weighted by Gasteiger charge is -2.09. The second kappa shape index (κ2) is 5.80. The summed E-state index contributed by atoms with van der Waals surface area (Å²) < 4.78 is 33.1. The maximum Gasteiger partial charge on any atom is 0.134 e. The second-order valence-electron chi connectivity index (χ2n) is 3.60. The quantitative estimate of drug-likeness (QED) is 0.725. The Labute approximate surface area is 120 Å². The molecule has 0 heterocycles. The van der Waals surface area contributed by atoms with Gasteiger partial charge in [-0.05, 0) is 52.3 Å². The molecule has 0 N–H and O–H groups in total. The fourth-order valence-corrected chi connectivity index (χ4v) is 2.28. The molecule has 18 heavy (non-hydrogen) atoms. The summed E-state index contributed by atoms with van der Waals surface area (Å²) >= 11 is 6.45. The van der Waals surface area contributed by atoms with Crippen LogP contribution in [0.4, 0.5) is 8.78 Å². The van der Waals surface area contributed by atoms with E-state index in [2.05, 4.69) is 31.9 Å². The van der Waals surface area contributed by atoms with E-state index < -0.39 is 0 Å². The Morgan fingerprint density at radius 3 is 2.50 bits per heavy atom. The molecule has 1 nitrogen and oxygen atoms in total. The average Bonchev–Trinajstić information content (AvgIpc) is 2.32. The van der Waals surface area contributed by atoms with Crippen molar-refractivity contribution in [3.63, 3.8) is 0 Å². The summed E-state index contributed by atoms with van der Waals surface area (Å²) in [5.41, 5.74) is 0.431. The van der Waals surface area contributed by atoms with Gasteiger partial charge in [-0.15, -0.1) is 0 Å². The van der Waals surface area contributed by atoms with Crippen LogP contribution in [-0.2, 0) is 6.61 Å². The molecule has 5 heteroatoms. The van der Waals surface area contributed by atoms with Crippen molar-refractivity contribution in [3.8, 4) is 5.75 Å². The molecule has 2 rings (SSSR count). The van der Waals surface area contributed by atoms with Crippen LogP contribution in [0.5, 0.6) is 5.75 Å². The molecular formula is C13H8Br2F2O. The highest BCUT2D eigenvalue weighted by Crippen LogP contribution is 2.27. The maximum absolute atomic E-state index is 13.5. The van der Waals surface area contributed by atoms with E-state index >= 15 is 0 Å². The summed E-state index contributed by atoms with van der Waals surface area (Å²) in [6.07, 6.45) is 0. The zero-order chi connectivity index (χ0) is 13.1. The van der Waals surface area contributed by atoms with Crippen molar-refractivity contribution >= 4 is 31.9 Å². The molecule has 94 valence electrons. The van der Waals surface area contributed by atoms with E-state index in [0.29, 0.717) is 15.8 Å². The molecule has 0 fully saturated rings. The zero-order valence-corrected chi connectivity index (χ0v) is 12.3. The largest absolute Gasteiger partial charge is 0.488 e. The van der Waals surface area contributed by atoms with Crippen LogP contribution in [0.2, 0.25) is 0 Å². The molecule has 0 bridgehead atoms. The molecule has 0 unspecified atom stereocenters. The van der Waals surface area contributed by atoms with Crippen molar-refractivity contribution in [1.29, 1.82) is 0 Å². The van der Waals surface area contributed by atoms with Gasteiger partial charge in [-0.2, -0.15) is 0 Å². The minimum atomic E-state index is -0.358. The third-order valence-electron chi connectivity index (χ3n) is 2.28. The number of hydrogen-bond donors (Lipinski definition) is 0. The molecule has 0 aromatic heterocycles. The first kappa shape index (κ1) is 13.5. The third-order valence-corrected chi connectivity index (χ3v) is 3.40. The van der Waals surface area contributed by atoms with Crippen molar-refractivity contribution in [2.75, 3.05) is 0 Å². The topological polar surface area (TPSA) is 9.23 Å². The summed E-state index contributed by atoms with van der Waals surface area (Å²) in [6.45, 7) is 0.0789. The fraction of sp³-hybridized carbons (Fsp3) is 0.0769. The number of rotatable bonds is 3. The van der Waals surface area contributed by atoms with Gasteiger partial charge < -0.3 is 4.74 Å². The normalized spacial score (nSPS) is 10.4. The van der Waals surface area contributed by atoms with Gasteiger partial charge in [0.2, 0.25) is 0 Å². The van der Waals surface area contributed by atoms with Crippen molar-refractivity contribution in [3.05, 3.63) is 62.5 Å². The van der Waals surface area contributed by atoms with Crippen molar-refractivity contribution in [1.82, 2.24) is 0 Å². The summed E-state index contributed by atoms with van der Waals surface area (Å²) in [7, 11) is 0. The monoisotopic (exact) mass is 376 g/mol. The summed E-state index contributed by atoms with van der Waals surface area (Å²) in [5.74, 6) is -0.227. The van der Waals surface area contributed by atoms with Crippen LogP contribution in [0.1, 0.15) is 5.56 Å². The van der Waals surface area contributed by atoms with E-state index in [1.165, 1.54) is 24.3 Å². The molecule has 0 saturated heterocycles. The Bertz CT molecular complexity index is 573. The van der Waals surface area contributed by atoms with E-state index in [9.17, 15) is 8.78 Å². The van der Waals surface area contributed by atoms with Crippen LogP contribution in [0, 0.1) is 11.6 Å². The van der Waals surface area contributed by atoms with Crippen LogP contribution in [0.25, 0.3) is 0 Å². The van der Waals surface area contributed by atoms with E-state index in [1.54, 1.807) is 12.1 Å². The molecule has 0 aliphatic heterocycles. The van der Waals surface area contributed by atoms with E-state index in [-0.39, 0.29) is 18.2 Å². The van der Waals surface area contributed by atoms with Crippen LogP contribution in [-0.4, -0.2) is 0 Å². The highest BCUT2D eigenvalue weighted by molar-refractivity contribution is 9.10. The van der Waals surface area contributed by atoms with Crippen molar-refractivity contribution in [2.24, 2.45) is 0 Å². The Morgan fingerprint density at radius 1 is 1.00 bits per heavy atom. The van der Waals surface area contributed by atoms with Gasteiger partial charge in [0.25, 0.3) is 0 Å². The van der Waals surface area contributed by atoms with Crippen LogP contribution in [0.15, 0.2) is 45.3 Å². The standard InChI is InChI=1S/C13H8Br2F2O/c14-9-1-3-12(17)8(5-9)7-18-13-4-2-10(16)6-11(13)15/h1-6H,7H2. The SMILES string of the molecule is Fc1ccc(OCc2cc(Br)ccc2F)c(Br)c1. The maximum atomic E-state index is 13.5. The zero-order valence-electron chi connectivity index (χ0n) is 9.09. The molecule has 0 amide bonds. The number of halogens is 4. The lowest BCUT2D eigenvalue weighted by molar-refractivity contribution is 0.297. The van der Waals surface area contributed by atoms with Gasteiger partial charge in [0.15, 0.2) is 0 Å². The molecule has 2 aromatic carbocycles. The predicted molar refractivity (Wildman–Crippen MR) is 72.5 cm³/mol. The van der Waals surface area contributed by atoms with E-state index in [0.717, 1.165) is 4.47 Å². The highest BCUT2D eigenvalue weighted by Gasteiger charge is 2.06. The number of hydrogen-bond acceptors (Lipinski definition) is 1. The minimum Gasteiger partial charge on any atom is -0.488 e. The van der Waals surface area contributed by atoms with E-state index in [1.807, 2.05) is 0 Å². The first-order valence-electron chi connectivity index (χ1n) is 5.08. The van der Waals surface area contributed by atoms with Gasteiger partial charge in [0, 0.05) is 10.0 Å². The molecular weight excluding hydrogens is 370 g/mol. The van der Waals surface area contributed by atoms with Gasteiger partial charge in [0.1, 0.15) is 24.0 Å². The van der Waals surface area contributed by atoms with E-state index in [4.69, 9.17) is 4.74 Å². The Balaban J connectivity index is 2.13. The minimum absolute atomic E-state index is 0.0789. The average molecular weight is 378 g/mol. The van der Waals surface area contributed by atoms with Crippen LogP contribution < -0.4 is 4.74 Å². The fourth-order valence-electron chi connectivity index (χ4n) is 1.40. The van der Waals surface area contributed by atoms with Gasteiger partial charge in [0.05, 0.1) is 4.47 Å². The molecule has 0 radical (unpaired) electrons. The molecule has 0 aliphatic carbocycles. The first-order valence-corrected chi connectivity index (χ1v) is 6.66. The predicted octanol–water partition coefficient (Wildman–Crippen LogP) is 5.07. The third kappa shape index (κ3) is 3.29. The van der Waals surface area contributed by atoms with Gasteiger partial charge in [-0.3, -0.25) is 0 Å². The molecule has 0 atom stereocenters. The molecule has 2 aromatic rings. The lowest BCUT2D eigenvalue weighted by Crippen LogP contribution is -1.99. The molecule has 0 spiro atoms.